The van der Waals surface area contributed by atoms with Crippen LogP contribution in [0.5, 0.6) is 0 Å². The third-order valence-corrected chi connectivity index (χ3v) is 5.65. The summed E-state index contributed by atoms with van der Waals surface area (Å²) in [6.45, 7) is 1.57. The lowest BCUT2D eigenvalue weighted by molar-refractivity contribution is 0.465. The Bertz CT molecular complexity index is 564. The minimum absolute atomic E-state index is 0.431. The van der Waals surface area contributed by atoms with E-state index in [2.05, 4.69) is 4.90 Å². The number of anilines is 2. The molecule has 1 aliphatic heterocycles. The van der Waals surface area contributed by atoms with E-state index in [1.165, 1.54) is 8.61 Å². The Hall–Kier alpha value is -0.980. The zero-order valence-electron chi connectivity index (χ0n) is 11.8. The zero-order valence-corrected chi connectivity index (χ0v) is 13.4. The van der Waals surface area contributed by atoms with Gasteiger partial charge in [0.15, 0.2) is 0 Å². The van der Waals surface area contributed by atoms with Crippen LogP contribution in [0.3, 0.4) is 0 Å². The van der Waals surface area contributed by atoms with E-state index in [9.17, 15) is 8.42 Å². The number of alkyl halides is 1. The van der Waals surface area contributed by atoms with E-state index >= 15 is 0 Å². The van der Waals surface area contributed by atoms with Crippen molar-refractivity contribution < 1.29 is 8.42 Å². The molecule has 20 heavy (non-hydrogen) atoms. The second-order valence-electron chi connectivity index (χ2n) is 4.85. The molecule has 0 aromatic heterocycles. The highest BCUT2D eigenvalue weighted by atomic mass is 35.5. The molecule has 0 saturated heterocycles. The molecule has 0 atom stereocenters. The van der Waals surface area contributed by atoms with E-state index < -0.39 is 10.2 Å². The number of nitrogens with zero attached hydrogens (tertiary/aromatic N) is 3. The second kappa shape index (κ2) is 6.20. The first-order valence-corrected chi connectivity index (χ1v) is 8.51. The lowest BCUT2D eigenvalue weighted by Crippen LogP contribution is -2.48. The van der Waals surface area contributed by atoms with E-state index in [1.54, 1.807) is 7.05 Å². The second-order valence-corrected chi connectivity index (χ2v) is 7.19. The molecule has 0 unspecified atom stereocenters. The number of likely N-dealkylation sites (N-methyl/N-ethyl adjacent to an activating group) is 1. The lowest BCUT2D eigenvalue weighted by atomic mass is 10.2. The predicted molar refractivity (Wildman–Crippen MR) is 83.9 cm³/mol. The van der Waals surface area contributed by atoms with Crippen molar-refractivity contribution >= 4 is 33.2 Å². The van der Waals surface area contributed by atoms with Crippen molar-refractivity contribution in [1.82, 2.24) is 4.31 Å². The fourth-order valence-corrected chi connectivity index (χ4v) is 3.82. The SMILES string of the molecule is CN1CCN(S(=O)(=O)N(C)CCCCl)c2ccccc21. The van der Waals surface area contributed by atoms with E-state index in [0.717, 1.165) is 11.4 Å². The van der Waals surface area contributed by atoms with Gasteiger partial charge in [0, 0.05) is 33.1 Å². The van der Waals surface area contributed by atoms with Crippen molar-refractivity contribution in [3.63, 3.8) is 0 Å². The summed E-state index contributed by atoms with van der Waals surface area (Å²) >= 11 is 5.64. The molecule has 112 valence electrons. The molecule has 1 heterocycles. The molecule has 0 spiro atoms. The molecule has 0 bridgehead atoms. The summed E-state index contributed by atoms with van der Waals surface area (Å²) < 4.78 is 28.2. The van der Waals surface area contributed by atoms with Crippen LogP contribution in [0.4, 0.5) is 11.4 Å². The van der Waals surface area contributed by atoms with Crippen molar-refractivity contribution in [3.8, 4) is 0 Å². The largest absolute Gasteiger partial charge is 0.371 e. The van der Waals surface area contributed by atoms with E-state index in [-0.39, 0.29) is 0 Å². The summed E-state index contributed by atoms with van der Waals surface area (Å²) in [6.07, 6.45) is 0.646. The maximum absolute atomic E-state index is 12.7. The van der Waals surface area contributed by atoms with Gasteiger partial charge in [-0.15, -0.1) is 11.6 Å². The Kier molecular flexibility index (Phi) is 4.78. The number of hydrogen-bond acceptors (Lipinski definition) is 3. The Morgan fingerprint density at radius 2 is 1.90 bits per heavy atom. The maximum atomic E-state index is 12.7. The van der Waals surface area contributed by atoms with Crippen LogP contribution in [-0.4, -0.2) is 52.3 Å². The number of hydrogen-bond donors (Lipinski definition) is 0. The highest BCUT2D eigenvalue weighted by Crippen LogP contribution is 2.34. The third kappa shape index (κ3) is 2.87. The predicted octanol–water partition coefficient (Wildman–Crippen LogP) is 1.75. The number of benzene rings is 1. The molecule has 1 aliphatic rings. The molecule has 0 radical (unpaired) electrons. The van der Waals surface area contributed by atoms with Crippen molar-refractivity contribution in [2.24, 2.45) is 0 Å². The molecule has 0 saturated carbocycles. The smallest absolute Gasteiger partial charge is 0.303 e. The summed E-state index contributed by atoms with van der Waals surface area (Å²) in [4.78, 5) is 2.07. The topological polar surface area (TPSA) is 43.9 Å². The normalized spacial score (nSPS) is 15.6. The molecule has 0 fully saturated rings. The molecule has 5 nitrogen and oxygen atoms in total. The highest BCUT2D eigenvalue weighted by Gasteiger charge is 2.31. The first-order valence-electron chi connectivity index (χ1n) is 6.58. The van der Waals surface area contributed by atoms with Gasteiger partial charge in [0.1, 0.15) is 0 Å². The molecule has 7 heteroatoms. The fourth-order valence-electron chi connectivity index (χ4n) is 2.29. The molecule has 0 aliphatic carbocycles. The molecule has 2 rings (SSSR count). The molecule has 1 aromatic carbocycles. The number of para-hydroxylation sites is 2. The Balaban J connectivity index is 2.32. The first kappa shape index (κ1) is 15.4. The number of rotatable bonds is 5. The Labute approximate surface area is 125 Å². The van der Waals surface area contributed by atoms with Gasteiger partial charge in [-0.25, -0.2) is 0 Å². The lowest BCUT2D eigenvalue weighted by Gasteiger charge is -2.37. The summed E-state index contributed by atoms with van der Waals surface area (Å²) in [5.74, 6) is 0.458. The van der Waals surface area contributed by atoms with E-state index in [4.69, 9.17) is 11.6 Å². The minimum Gasteiger partial charge on any atom is -0.371 e. The summed E-state index contributed by atoms with van der Waals surface area (Å²) in [5, 5.41) is 0. The third-order valence-electron chi connectivity index (χ3n) is 3.48. The van der Waals surface area contributed by atoms with E-state index in [1.807, 2.05) is 31.3 Å². The van der Waals surface area contributed by atoms with Crippen LogP contribution in [0.2, 0.25) is 0 Å². The van der Waals surface area contributed by atoms with Gasteiger partial charge in [-0.1, -0.05) is 12.1 Å². The molecular weight excluding hydrogens is 298 g/mol. The van der Waals surface area contributed by atoms with Crippen LogP contribution in [0.1, 0.15) is 6.42 Å². The van der Waals surface area contributed by atoms with Crippen molar-refractivity contribution in [1.29, 1.82) is 0 Å². The van der Waals surface area contributed by atoms with Crippen LogP contribution >= 0.6 is 11.6 Å². The van der Waals surface area contributed by atoms with Crippen LogP contribution in [0.25, 0.3) is 0 Å². The highest BCUT2D eigenvalue weighted by molar-refractivity contribution is 7.90. The number of halogens is 1. The average Bonchev–Trinajstić information content (AvgIpc) is 2.45. The number of fused-ring (bicyclic) bond motifs is 1. The van der Waals surface area contributed by atoms with Gasteiger partial charge >= 0.3 is 10.2 Å². The fraction of sp³-hybridized carbons (Fsp3) is 0.538. The molecule has 0 N–H and O–H groups in total. The molecule has 1 aromatic rings. The van der Waals surface area contributed by atoms with Gasteiger partial charge in [-0.05, 0) is 18.6 Å². The average molecular weight is 318 g/mol. The van der Waals surface area contributed by atoms with Gasteiger partial charge in [-0.2, -0.15) is 12.7 Å². The summed E-state index contributed by atoms with van der Waals surface area (Å²) in [5.41, 5.74) is 1.67. The van der Waals surface area contributed by atoms with Gasteiger partial charge in [0.05, 0.1) is 17.9 Å². The van der Waals surface area contributed by atoms with E-state index in [0.29, 0.717) is 31.9 Å². The van der Waals surface area contributed by atoms with Crippen LogP contribution < -0.4 is 9.21 Å². The molecule has 0 amide bonds. The van der Waals surface area contributed by atoms with Crippen molar-refractivity contribution in [2.75, 3.05) is 48.8 Å². The summed E-state index contributed by atoms with van der Waals surface area (Å²) in [6, 6.07) is 7.57. The molecular formula is C13H20ClN3O2S. The minimum atomic E-state index is -3.49. The van der Waals surface area contributed by atoms with Gasteiger partial charge < -0.3 is 4.90 Å². The quantitative estimate of drug-likeness (QED) is 0.777. The van der Waals surface area contributed by atoms with Crippen LogP contribution in [0.15, 0.2) is 24.3 Å². The van der Waals surface area contributed by atoms with Crippen LogP contribution in [-0.2, 0) is 10.2 Å². The first-order chi connectivity index (χ1) is 9.48. The Morgan fingerprint density at radius 1 is 1.25 bits per heavy atom. The van der Waals surface area contributed by atoms with Crippen molar-refractivity contribution in [2.45, 2.75) is 6.42 Å². The summed E-state index contributed by atoms with van der Waals surface area (Å²) in [7, 11) is 0.0825. The maximum Gasteiger partial charge on any atom is 0.303 e. The Morgan fingerprint density at radius 3 is 2.55 bits per heavy atom. The van der Waals surface area contributed by atoms with Gasteiger partial charge in [-0.3, -0.25) is 4.31 Å². The van der Waals surface area contributed by atoms with Gasteiger partial charge in [0.2, 0.25) is 0 Å². The standard InChI is InChI=1S/C13H20ClN3O2S/c1-15-10-11-17(13-7-4-3-6-12(13)15)20(18,19)16(2)9-5-8-14/h3-4,6-7H,5,8-11H2,1-2H3. The van der Waals surface area contributed by atoms with Gasteiger partial charge in [0.25, 0.3) is 0 Å². The monoisotopic (exact) mass is 317 g/mol. The van der Waals surface area contributed by atoms with Crippen molar-refractivity contribution in [3.05, 3.63) is 24.3 Å². The van der Waals surface area contributed by atoms with Crippen LogP contribution in [0, 0.1) is 0 Å². The zero-order chi connectivity index (χ0) is 14.8.